The van der Waals surface area contributed by atoms with Crippen molar-refractivity contribution in [2.24, 2.45) is 0 Å². The fourth-order valence-electron chi connectivity index (χ4n) is 2.13. The van der Waals surface area contributed by atoms with Crippen LogP contribution in [0.5, 0.6) is 11.5 Å². The van der Waals surface area contributed by atoms with Gasteiger partial charge in [0.2, 0.25) is 6.79 Å². The second-order valence-electron chi connectivity index (χ2n) is 4.46. The highest BCUT2D eigenvalue weighted by atomic mass is 35.5. The molecule has 0 spiro atoms. The second kappa shape index (κ2) is 5.11. The van der Waals surface area contributed by atoms with Crippen LogP contribution in [0.15, 0.2) is 42.5 Å². The molecule has 0 radical (unpaired) electrons. The molecule has 0 amide bonds. The third kappa shape index (κ3) is 2.67. The first-order chi connectivity index (χ1) is 9.22. The molecule has 1 heterocycles. The van der Waals surface area contributed by atoms with Crippen molar-refractivity contribution in [3.05, 3.63) is 58.6 Å². The number of aliphatic hydroxyl groups is 1. The number of fused-ring (bicyclic) bond motifs is 1. The molecule has 2 aromatic carbocycles. The van der Waals surface area contributed by atoms with Crippen molar-refractivity contribution in [2.75, 3.05) is 6.79 Å². The summed E-state index contributed by atoms with van der Waals surface area (Å²) in [6.07, 6.45) is -0.0758. The van der Waals surface area contributed by atoms with Gasteiger partial charge in [0.1, 0.15) is 0 Å². The summed E-state index contributed by atoms with van der Waals surface area (Å²) in [6.45, 7) is 0.239. The Morgan fingerprint density at radius 2 is 1.95 bits per heavy atom. The van der Waals surface area contributed by atoms with Crippen molar-refractivity contribution in [3.63, 3.8) is 0 Å². The Morgan fingerprint density at radius 1 is 1.11 bits per heavy atom. The molecule has 0 saturated carbocycles. The SMILES string of the molecule is OC(Cc1cccc(Cl)c1)c1ccc2c(c1)OCO2. The van der Waals surface area contributed by atoms with Crippen LogP contribution in [0.3, 0.4) is 0 Å². The topological polar surface area (TPSA) is 38.7 Å². The van der Waals surface area contributed by atoms with E-state index in [1.54, 1.807) is 0 Å². The third-order valence-electron chi connectivity index (χ3n) is 3.10. The number of hydrogen-bond donors (Lipinski definition) is 1. The molecule has 2 aromatic rings. The largest absolute Gasteiger partial charge is 0.454 e. The van der Waals surface area contributed by atoms with E-state index in [9.17, 15) is 5.11 Å². The van der Waals surface area contributed by atoms with Gasteiger partial charge >= 0.3 is 0 Å². The summed E-state index contributed by atoms with van der Waals surface area (Å²) in [5, 5.41) is 10.9. The second-order valence-corrected chi connectivity index (χ2v) is 4.90. The van der Waals surface area contributed by atoms with Crippen molar-refractivity contribution in [1.29, 1.82) is 0 Å². The minimum Gasteiger partial charge on any atom is -0.454 e. The van der Waals surface area contributed by atoms with Crippen LogP contribution in [-0.2, 0) is 6.42 Å². The molecule has 3 nitrogen and oxygen atoms in total. The quantitative estimate of drug-likeness (QED) is 0.934. The first kappa shape index (κ1) is 12.3. The predicted octanol–water partition coefficient (Wildman–Crippen LogP) is 3.34. The number of benzene rings is 2. The van der Waals surface area contributed by atoms with Gasteiger partial charge in [0.15, 0.2) is 11.5 Å². The first-order valence-electron chi connectivity index (χ1n) is 6.04. The monoisotopic (exact) mass is 276 g/mol. The Kier molecular flexibility index (Phi) is 3.32. The normalized spacial score (nSPS) is 14.4. The Morgan fingerprint density at radius 3 is 2.79 bits per heavy atom. The van der Waals surface area contributed by atoms with Gasteiger partial charge in [-0.25, -0.2) is 0 Å². The van der Waals surface area contributed by atoms with E-state index >= 15 is 0 Å². The molecule has 1 N–H and O–H groups in total. The summed E-state index contributed by atoms with van der Waals surface area (Å²) >= 11 is 5.93. The van der Waals surface area contributed by atoms with Gasteiger partial charge in [-0.2, -0.15) is 0 Å². The van der Waals surface area contributed by atoms with Crippen LogP contribution >= 0.6 is 11.6 Å². The maximum atomic E-state index is 10.3. The lowest BCUT2D eigenvalue weighted by molar-refractivity contribution is 0.171. The van der Waals surface area contributed by atoms with Gasteiger partial charge in [0.05, 0.1) is 6.10 Å². The minimum atomic E-state index is -0.590. The van der Waals surface area contributed by atoms with E-state index in [2.05, 4.69) is 0 Å². The zero-order chi connectivity index (χ0) is 13.2. The van der Waals surface area contributed by atoms with Crippen LogP contribution in [0.2, 0.25) is 5.02 Å². The molecular formula is C15H13ClO3. The molecule has 4 heteroatoms. The van der Waals surface area contributed by atoms with Crippen molar-refractivity contribution >= 4 is 11.6 Å². The van der Waals surface area contributed by atoms with Crippen LogP contribution in [-0.4, -0.2) is 11.9 Å². The van der Waals surface area contributed by atoms with E-state index in [0.29, 0.717) is 17.2 Å². The maximum Gasteiger partial charge on any atom is 0.231 e. The molecule has 1 aliphatic heterocycles. The lowest BCUT2D eigenvalue weighted by atomic mass is 10.0. The maximum absolute atomic E-state index is 10.3. The minimum absolute atomic E-state index is 0.239. The van der Waals surface area contributed by atoms with E-state index in [1.165, 1.54) is 0 Å². The number of hydrogen-bond acceptors (Lipinski definition) is 3. The summed E-state index contributed by atoms with van der Waals surface area (Å²) in [4.78, 5) is 0. The third-order valence-corrected chi connectivity index (χ3v) is 3.33. The fourth-order valence-corrected chi connectivity index (χ4v) is 2.34. The first-order valence-corrected chi connectivity index (χ1v) is 6.42. The number of halogens is 1. The van der Waals surface area contributed by atoms with Gasteiger partial charge in [-0.1, -0.05) is 29.8 Å². The van der Waals surface area contributed by atoms with Crippen LogP contribution in [0, 0.1) is 0 Å². The summed E-state index contributed by atoms with van der Waals surface area (Å²) in [7, 11) is 0. The van der Waals surface area contributed by atoms with Crippen molar-refractivity contribution in [3.8, 4) is 11.5 Å². The van der Waals surface area contributed by atoms with E-state index in [0.717, 1.165) is 16.9 Å². The molecule has 0 aliphatic carbocycles. The van der Waals surface area contributed by atoms with Crippen molar-refractivity contribution in [1.82, 2.24) is 0 Å². The highest BCUT2D eigenvalue weighted by Gasteiger charge is 2.16. The number of rotatable bonds is 3. The Hall–Kier alpha value is -1.71. The molecule has 0 saturated heterocycles. The van der Waals surface area contributed by atoms with E-state index in [4.69, 9.17) is 21.1 Å². The van der Waals surface area contributed by atoms with Gasteiger partial charge in [-0.05, 0) is 35.4 Å². The molecule has 98 valence electrons. The van der Waals surface area contributed by atoms with Gasteiger partial charge in [0, 0.05) is 11.4 Å². The Balaban J connectivity index is 1.78. The molecule has 1 unspecified atom stereocenters. The lowest BCUT2D eigenvalue weighted by Gasteiger charge is -2.12. The lowest BCUT2D eigenvalue weighted by Crippen LogP contribution is -2.01. The Bertz CT molecular complexity index is 598. The Labute approximate surface area is 116 Å². The van der Waals surface area contributed by atoms with Crippen LogP contribution in [0.1, 0.15) is 17.2 Å². The van der Waals surface area contributed by atoms with Crippen molar-refractivity contribution in [2.45, 2.75) is 12.5 Å². The standard InChI is InChI=1S/C15H13ClO3/c16-12-3-1-2-10(6-12)7-13(17)11-4-5-14-15(8-11)19-9-18-14/h1-6,8,13,17H,7,9H2. The zero-order valence-corrected chi connectivity index (χ0v) is 10.9. The van der Waals surface area contributed by atoms with E-state index in [-0.39, 0.29) is 6.79 Å². The highest BCUT2D eigenvalue weighted by Crippen LogP contribution is 2.34. The van der Waals surface area contributed by atoms with Gasteiger partial charge < -0.3 is 14.6 Å². The van der Waals surface area contributed by atoms with E-state index < -0.39 is 6.10 Å². The van der Waals surface area contributed by atoms with E-state index in [1.807, 2.05) is 42.5 Å². The molecule has 1 atom stereocenters. The summed E-state index contributed by atoms with van der Waals surface area (Å²) in [6, 6.07) is 13.0. The molecule has 0 aromatic heterocycles. The smallest absolute Gasteiger partial charge is 0.231 e. The molecule has 0 fully saturated rings. The average Bonchev–Trinajstić information content (AvgIpc) is 2.85. The van der Waals surface area contributed by atoms with Crippen LogP contribution < -0.4 is 9.47 Å². The highest BCUT2D eigenvalue weighted by molar-refractivity contribution is 6.30. The number of aliphatic hydroxyl groups excluding tert-OH is 1. The van der Waals surface area contributed by atoms with Crippen LogP contribution in [0.4, 0.5) is 0 Å². The molecular weight excluding hydrogens is 264 g/mol. The summed E-state index contributed by atoms with van der Waals surface area (Å²) < 4.78 is 10.6. The zero-order valence-electron chi connectivity index (χ0n) is 10.2. The van der Waals surface area contributed by atoms with Crippen LogP contribution in [0.25, 0.3) is 0 Å². The molecule has 0 bridgehead atoms. The average molecular weight is 277 g/mol. The summed E-state index contributed by atoms with van der Waals surface area (Å²) in [5.41, 5.74) is 1.81. The van der Waals surface area contributed by atoms with Gasteiger partial charge in [-0.3, -0.25) is 0 Å². The van der Waals surface area contributed by atoms with Gasteiger partial charge in [0.25, 0.3) is 0 Å². The molecule has 3 rings (SSSR count). The fraction of sp³-hybridized carbons (Fsp3) is 0.200. The number of ether oxygens (including phenoxy) is 2. The molecule has 19 heavy (non-hydrogen) atoms. The summed E-state index contributed by atoms with van der Waals surface area (Å²) in [5.74, 6) is 1.40. The molecule has 1 aliphatic rings. The van der Waals surface area contributed by atoms with Crippen molar-refractivity contribution < 1.29 is 14.6 Å². The predicted molar refractivity (Wildman–Crippen MR) is 72.7 cm³/mol. The van der Waals surface area contributed by atoms with Gasteiger partial charge in [-0.15, -0.1) is 0 Å².